The van der Waals surface area contributed by atoms with Crippen LogP contribution in [0.1, 0.15) is 22.8 Å². The zero-order valence-electron chi connectivity index (χ0n) is 11.6. The van der Waals surface area contributed by atoms with Gasteiger partial charge in [-0.3, -0.25) is 10.6 Å². The van der Waals surface area contributed by atoms with Gasteiger partial charge in [0.1, 0.15) is 0 Å². The van der Waals surface area contributed by atoms with Crippen molar-refractivity contribution in [2.75, 3.05) is 23.5 Å². The third kappa shape index (κ3) is 2.94. The molecule has 20 heavy (non-hydrogen) atoms. The molecule has 1 heterocycles. The van der Waals surface area contributed by atoms with E-state index in [1.807, 2.05) is 13.0 Å². The summed E-state index contributed by atoms with van der Waals surface area (Å²) in [6.07, 6.45) is 0. The molecule has 0 aliphatic carbocycles. The summed E-state index contributed by atoms with van der Waals surface area (Å²) < 4.78 is 23.1. The SMILES string of the molecule is Cc1ccc(C(=O)N2CCS(=O)(=O)CC2C)c(NN)c1. The Morgan fingerprint density at radius 3 is 2.75 bits per heavy atom. The van der Waals surface area contributed by atoms with Gasteiger partial charge in [0.25, 0.3) is 5.91 Å². The second-order valence-electron chi connectivity index (χ2n) is 5.16. The number of hydrogen-bond acceptors (Lipinski definition) is 5. The number of hydrazine groups is 1. The highest BCUT2D eigenvalue weighted by atomic mass is 32.2. The van der Waals surface area contributed by atoms with Gasteiger partial charge in [-0.1, -0.05) is 6.07 Å². The third-order valence-electron chi connectivity index (χ3n) is 3.49. The van der Waals surface area contributed by atoms with Crippen LogP contribution in [0.15, 0.2) is 18.2 Å². The summed E-state index contributed by atoms with van der Waals surface area (Å²) in [5.74, 6) is 5.28. The number of amides is 1. The molecule has 1 amide bonds. The van der Waals surface area contributed by atoms with E-state index < -0.39 is 9.84 Å². The molecule has 0 radical (unpaired) electrons. The second-order valence-corrected chi connectivity index (χ2v) is 7.38. The number of sulfone groups is 1. The van der Waals surface area contributed by atoms with Crippen LogP contribution in [-0.2, 0) is 9.84 Å². The average molecular weight is 297 g/mol. The molecule has 0 saturated carbocycles. The number of nitrogen functional groups attached to an aromatic ring is 1. The van der Waals surface area contributed by atoms with Crippen molar-refractivity contribution in [3.05, 3.63) is 29.3 Å². The minimum Gasteiger partial charge on any atom is -0.334 e. The lowest BCUT2D eigenvalue weighted by atomic mass is 10.1. The van der Waals surface area contributed by atoms with E-state index in [1.54, 1.807) is 24.0 Å². The predicted molar refractivity (Wildman–Crippen MR) is 78.1 cm³/mol. The van der Waals surface area contributed by atoms with Gasteiger partial charge >= 0.3 is 0 Å². The summed E-state index contributed by atoms with van der Waals surface area (Å²) in [6, 6.07) is 5.01. The topological polar surface area (TPSA) is 92.5 Å². The number of benzene rings is 1. The van der Waals surface area contributed by atoms with E-state index in [2.05, 4.69) is 5.43 Å². The van der Waals surface area contributed by atoms with Crippen molar-refractivity contribution < 1.29 is 13.2 Å². The Morgan fingerprint density at radius 1 is 1.45 bits per heavy atom. The standard InChI is InChI=1S/C13H19N3O3S/c1-9-3-4-11(12(7-9)15-14)13(17)16-5-6-20(18,19)8-10(16)2/h3-4,7,10,15H,5-6,8,14H2,1-2H3. The van der Waals surface area contributed by atoms with E-state index in [0.717, 1.165) is 5.56 Å². The molecular weight excluding hydrogens is 278 g/mol. The molecule has 6 nitrogen and oxygen atoms in total. The molecule has 3 N–H and O–H groups in total. The Labute approximate surface area is 118 Å². The molecule has 1 unspecified atom stereocenters. The van der Waals surface area contributed by atoms with Crippen LogP contribution in [0.4, 0.5) is 5.69 Å². The summed E-state index contributed by atoms with van der Waals surface area (Å²) in [7, 11) is -3.04. The lowest BCUT2D eigenvalue weighted by Gasteiger charge is -2.33. The van der Waals surface area contributed by atoms with Gasteiger partial charge in [-0.05, 0) is 31.5 Å². The Balaban J connectivity index is 2.28. The largest absolute Gasteiger partial charge is 0.334 e. The van der Waals surface area contributed by atoms with E-state index in [4.69, 9.17) is 5.84 Å². The monoisotopic (exact) mass is 297 g/mol. The molecule has 1 aliphatic heterocycles. The van der Waals surface area contributed by atoms with Crippen LogP contribution in [0.5, 0.6) is 0 Å². The lowest BCUT2D eigenvalue weighted by molar-refractivity contribution is 0.0713. The van der Waals surface area contributed by atoms with Crippen LogP contribution in [0.3, 0.4) is 0 Å². The lowest BCUT2D eigenvalue weighted by Crippen LogP contribution is -2.49. The van der Waals surface area contributed by atoms with Crippen molar-refractivity contribution in [1.82, 2.24) is 4.90 Å². The fourth-order valence-electron chi connectivity index (χ4n) is 2.42. The third-order valence-corrected chi connectivity index (χ3v) is 5.29. The van der Waals surface area contributed by atoms with Crippen molar-refractivity contribution in [3.8, 4) is 0 Å². The second kappa shape index (κ2) is 5.41. The van der Waals surface area contributed by atoms with Gasteiger partial charge in [-0.15, -0.1) is 0 Å². The highest BCUT2D eigenvalue weighted by Gasteiger charge is 2.32. The van der Waals surface area contributed by atoms with Crippen LogP contribution in [-0.4, -0.2) is 43.3 Å². The molecule has 7 heteroatoms. The van der Waals surface area contributed by atoms with Crippen molar-refractivity contribution in [2.24, 2.45) is 5.84 Å². The maximum absolute atomic E-state index is 12.5. The number of hydrogen-bond donors (Lipinski definition) is 2. The summed E-state index contributed by atoms with van der Waals surface area (Å²) in [4.78, 5) is 14.1. The first-order chi connectivity index (χ1) is 9.34. The first-order valence-corrected chi connectivity index (χ1v) is 8.25. The van der Waals surface area contributed by atoms with Gasteiger partial charge in [0.05, 0.1) is 22.8 Å². The molecule has 1 aromatic carbocycles. The van der Waals surface area contributed by atoms with Gasteiger partial charge in [-0.2, -0.15) is 0 Å². The van der Waals surface area contributed by atoms with Crippen LogP contribution in [0.2, 0.25) is 0 Å². The molecule has 0 spiro atoms. The number of aryl methyl sites for hydroxylation is 1. The van der Waals surface area contributed by atoms with E-state index in [9.17, 15) is 13.2 Å². The highest BCUT2D eigenvalue weighted by molar-refractivity contribution is 7.91. The predicted octanol–water partition coefficient (Wildman–Crippen LogP) is 0.540. The fourth-order valence-corrected chi connectivity index (χ4v) is 3.98. The summed E-state index contributed by atoms with van der Waals surface area (Å²) in [6.45, 7) is 3.88. The van der Waals surface area contributed by atoms with Crippen molar-refractivity contribution in [1.29, 1.82) is 0 Å². The molecule has 1 aliphatic rings. The quantitative estimate of drug-likeness (QED) is 0.614. The van der Waals surface area contributed by atoms with E-state index >= 15 is 0 Å². The first kappa shape index (κ1) is 14.8. The Hall–Kier alpha value is -1.60. The number of nitrogens with zero attached hydrogens (tertiary/aromatic N) is 1. The molecule has 1 fully saturated rings. The number of nitrogens with two attached hydrogens (primary N) is 1. The summed E-state index contributed by atoms with van der Waals surface area (Å²) in [5, 5.41) is 0. The van der Waals surface area contributed by atoms with E-state index in [-0.39, 0.29) is 30.0 Å². The van der Waals surface area contributed by atoms with E-state index in [1.165, 1.54) is 0 Å². The molecule has 110 valence electrons. The van der Waals surface area contributed by atoms with Gasteiger partial charge in [0, 0.05) is 12.6 Å². The molecule has 1 saturated heterocycles. The summed E-state index contributed by atoms with van der Waals surface area (Å²) in [5.41, 5.74) is 4.53. The van der Waals surface area contributed by atoms with Crippen molar-refractivity contribution >= 4 is 21.4 Å². The molecule has 1 aromatic rings. The number of carbonyl (C=O) groups is 1. The van der Waals surface area contributed by atoms with Crippen molar-refractivity contribution in [2.45, 2.75) is 19.9 Å². The number of nitrogens with one attached hydrogen (secondary N) is 1. The van der Waals surface area contributed by atoms with Gasteiger partial charge in [-0.25, -0.2) is 8.42 Å². The number of rotatable bonds is 2. The molecule has 0 aromatic heterocycles. The Kier molecular flexibility index (Phi) is 4.01. The molecular formula is C13H19N3O3S. The van der Waals surface area contributed by atoms with Crippen LogP contribution in [0.25, 0.3) is 0 Å². The molecule has 1 atom stereocenters. The smallest absolute Gasteiger partial charge is 0.256 e. The number of anilines is 1. The normalized spacial score (nSPS) is 21.6. The Bertz CT molecular complexity index is 628. The minimum atomic E-state index is -3.04. The maximum Gasteiger partial charge on any atom is 0.256 e. The van der Waals surface area contributed by atoms with Gasteiger partial charge in [0.15, 0.2) is 9.84 Å². The van der Waals surface area contributed by atoms with Gasteiger partial charge in [0.2, 0.25) is 0 Å². The number of carbonyl (C=O) groups excluding carboxylic acids is 1. The molecule has 2 rings (SSSR count). The molecule has 0 bridgehead atoms. The zero-order chi connectivity index (χ0) is 14.9. The van der Waals surface area contributed by atoms with Crippen LogP contribution >= 0.6 is 0 Å². The minimum absolute atomic E-state index is 0.00991. The Morgan fingerprint density at radius 2 is 2.15 bits per heavy atom. The average Bonchev–Trinajstić information content (AvgIpc) is 2.36. The van der Waals surface area contributed by atoms with Crippen LogP contribution in [0, 0.1) is 6.92 Å². The van der Waals surface area contributed by atoms with E-state index in [0.29, 0.717) is 11.3 Å². The first-order valence-electron chi connectivity index (χ1n) is 6.43. The van der Waals surface area contributed by atoms with Crippen molar-refractivity contribution in [3.63, 3.8) is 0 Å². The maximum atomic E-state index is 12.5. The summed E-state index contributed by atoms with van der Waals surface area (Å²) >= 11 is 0. The highest BCUT2D eigenvalue weighted by Crippen LogP contribution is 2.21. The zero-order valence-corrected chi connectivity index (χ0v) is 12.4. The van der Waals surface area contributed by atoms with Gasteiger partial charge < -0.3 is 10.3 Å². The fraction of sp³-hybridized carbons (Fsp3) is 0.462. The van der Waals surface area contributed by atoms with Crippen LogP contribution < -0.4 is 11.3 Å².